The summed E-state index contributed by atoms with van der Waals surface area (Å²) < 4.78 is 24.4. The van der Waals surface area contributed by atoms with Crippen LogP contribution in [0.1, 0.15) is 58.3 Å². The quantitative estimate of drug-likeness (QED) is 0.486. The Morgan fingerprint density at radius 2 is 1.87 bits per heavy atom. The summed E-state index contributed by atoms with van der Waals surface area (Å²) in [6, 6.07) is 0. The smallest absolute Gasteiger partial charge is 0.303 e. The van der Waals surface area contributed by atoms with Gasteiger partial charge in [-0.05, 0) is 68.6 Å². The Kier molecular flexibility index (Phi) is 6.69. The largest absolute Gasteiger partial charge is 0.481 e. The van der Waals surface area contributed by atoms with Crippen LogP contribution in [0, 0.1) is 23.7 Å². The minimum atomic E-state index is -2.91. The number of allylic oxidation sites excluding steroid dienone is 2. The summed E-state index contributed by atoms with van der Waals surface area (Å²) in [4.78, 5) is 10.5. The average molecular weight is 343 g/mol. The Balaban J connectivity index is 1.86. The molecule has 2 bridgehead atoms. The molecule has 2 saturated carbocycles. The summed E-state index contributed by atoms with van der Waals surface area (Å²) in [5.41, 5.74) is 0. The highest BCUT2D eigenvalue weighted by molar-refractivity contribution is 7.91. The van der Waals surface area contributed by atoms with Gasteiger partial charge in [-0.3, -0.25) is 4.79 Å². The molecule has 2 fully saturated rings. The lowest BCUT2D eigenvalue weighted by molar-refractivity contribution is -0.137. The van der Waals surface area contributed by atoms with E-state index in [2.05, 4.69) is 12.2 Å². The fourth-order valence-electron chi connectivity index (χ4n) is 4.59. The van der Waals surface area contributed by atoms with Crippen molar-refractivity contribution in [2.75, 3.05) is 11.5 Å². The van der Waals surface area contributed by atoms with E-state index in [1.54, 1.807) is 0 Å². The predicted octanol–water partition coefficient (Wildman–Crippen LogP) is 3.67. The Hall–Kier alpha value is -0.840. The number of hydrogen-bond donors (Lipinski definition) is 1. The second-order valence-electron chi connectivity index (χ2n) is 7.27. The van der Waals surface area contributed by atoms with Crippen LogP contribution in [0.25, 0.3) is 0 Å². The van der Waals surface area contributed by atoms with Crippen LogP contribution >= 0.6 is 0 Å². The van der Waals surface area contributed by atoms with Gasteiger partial charge in [-0.15, -0.1) is 0 Å². The van der Waals surface area contributed by atoms with Crippen molar-refractivity contribution in [2.24, 2.45) is 23.7 Å². The molecular weight excluding hydrogens is 312 g/mol. The van der Waals surface area contributed by atoms with Gasteiger partial charge in [0.1, 0.15) is 0 Å². The standard InChI is InChI=1S/C18H30O4S/c1-2-11-23(21,22)13-17-15-10-9-14(12-15)16(17)7-5-3-4-6-8-18(19)20/h3,5,14-17H,2,4,6-13H2,1H3,(H,19,20)/t14-,15+,16-,17+/m0/s1. The van der Waals surface area contributed by atoms with Gasteiger partial charge < -0.3 is 5.11 Å². The third kappa shape index (κ3) is 5.33. The van der Waals surface area contributed by atoms with E-state index < -0.39 is 15.8 Å². The molecule has 0 spiro atoms. The first kappa shape index (κ1) is 18.5. The average Bonchev–Trinajstić information content (AvgIpc) is 3.04. The Labute approximate surface area is 140 Å². The number of unbranched alkanes of at least 4 members (excludes halogenated alkanes) is 1. The zero-order valence-corrected chi connectivity index (χ0v) is 14.9. The summed E-state index contributed by atoms with van der Waals surface area (Å²) in [7, 11) is -2.91. The molecule has 132 valence electrons. The number of carboxylic acid groups (broad SMARTS) is 1. The van der Waals surface area contributed by atoms with Gasteiger partial charge in [0.05, 0.1) is 5.75 Å². The molecule has 2 aliphatic carbocycles. The third-order valence-corrected chi connectivity index (χ3v) is 7.50. The van der Waals surface area contributed by atoms with Crippen LogP contribution in [-0.2, 0) is 14.6 Å². The maximum atomic E-state index is 12.2. The molecule has 0 saturated heterocycles. The highest BCUT2D eigenvalue weighted by atomic mass is 32.2. The van der Waals surface area contributed by atoms with Gasteiger partial charge in [-0.2, -0.15) is 0 Å². The molecule has 0 radical (unpaired) electrons. The molecule has 2 rings (SSSR count). The normalized spacial score (nSPS) is 30.3. The summed E-state index contributed by atoms with van der Waals surface area (Å²) in [6.07, 6.45) is 11.3. The van der Waals surface area contributed by atoms with Gasteiger partial charge in [0.2, 0.25) is 0 Å². The second kappa shape index (κ2) is 8.32. The summed E-state index contributed by atoms with van der Waals surface area (Å²) in [5.74, 6) is 2.11. The molecule has 2 aliphatic rings. The highest BCUT2D eigenvalue weighted by Crippen LogP contribution is 2.54. The topological polar surface area (TPSA) is 71.4 Å². The van der Waals surface area contributed by atoms with Gasteiger partial charge >= 0.3 is 5.97 Å². The predicted molar refractivity (Wildman–Crippen MR) is 92.0 cm³/mol. The van der Waals surface area contributed by atoms with E-state index in [4.69, 9.17) is 5.11 Å². The lowest BCUT2D eigenvalue weighted by atomic mass is 9.78. The van der Waals surface area contributed by atoms with E-state index >= 15 is 0 Å². The second-order valence-corrected chi connectivity index (χ2v) is 9.50. The monoisotopic (exact) mass is 342 g/mol. The van der Waals surface area contributed by atoms with Crippen molar-refractivity contribution in [1.29, 1.82) is 0 Å². The molecule has 0 aliphatic heterocycles. The molecule has 0 aromatic heterocycles. The van der Waals surface area contributed by atoms with E-state index in [0.717, 1.165) is 12.8 Å². The molecule has 4 nitrogen and oxygen atoms in total. The van der Waals surface area contributed by atoms with Gasteiger partial charge in [0, 0.05) is 12.2 Å². The van der Waals surface area contributed by atoms with Crippen molar-refractivity contribution in [1.82, 2.24) is 0 Å². The van der Waals surface area contributed by atoms with Gasteiger partial charge in [-0.1, -0.05) is 19.1 Å². The van der Waals surface area contributed by atoms with Crippen molar-refractivity contribution in [3.63, 3.8) is 0 Å². The molecule has 4 atom stereocenters. The van der Waals surface area contributed by atoms with Crippen LogP contribution in [-0.4, -0.2) is 31.0 Å². The summed E-state index contributed by atoms with van der Waals surface area (Å²) in [6.45, 7) is 1.93. The highest BCUT2D eigenvalue weighted by Gasteiger charge is 2.47. The third-order valence-electron chi connectivity index (χ3n) is 5.57. The molecule has 0 unspecified atom stereocenters. The van der Waals surface area contributed by atoms with Gasteiger partial charge in [0.25, 0.3) is 0 Å². The van der Waals surface area contributed by atoms with Crippen molar-refractivity contribution >= 4 is 15.8 Å². The first-order valence-electron chi connectivity index (χ1n) is 9.00. The zero-order valence-electron chi connectivity index (χ0n) is 14.1. The molecule has 0 aromatic rings. The lowest BCUT2D eigenvalue weighted by Crippen LogP contribution is -2.29. The maximum absolute atomic E-state index is 12.2. The Morgan fingerprint density at radius 1 is 1.17 bits per heavy atom. The van der Waals surface area contributed by atoms with Crippen molar-refractivity contribution < 1.29 is 18.3 Å². The number of rotatable bonds is 10. The number of hydrogen-bond acceptors (Lipinski definition) is 3. The minimum Gasteiger partial charge on any atom is -0.481 e. The fraction of sp³-hybridized carbons (Fsp3) is 0.833. The Bertz CT molecular complexity index is 523. The molecular formula is C18H30O4S. The van der Waals surface area contributed by atoms with Crippen LogP contribution in [0.15, 0.2) is 12.2 Å². The molecule has 1 N–H and O–H groups in total. The van der Waals surface area contributed by atoms with E-state index in [1.807, 2.05) is 6.92 Å². The molecule has 5 heteroatoms. The Morgan fingerprint density at radius 3 is 2.52 bits per heavy atom. The van der Waals surface area contributed by atoms with Crippen molar-refractivity contribution in [2.45, 2.75) is 58.3 Å². The summed E-state index contributed by atoms with van der Waals surface area (Å²) >= 11 is 0. The molecule has 0 heterocycles. The first-order chi connectivity index (χ1) is 10.9. The van der Waals surface area contributed by atoms with Crippen LogP contribution in [0.2, 0.25) is 0 Å². The molecule has 23 heavy (non-hydrogen) atoms. The first-order valence-corrected chi connectivity index (χ1v) is 10.8. The SMILES string of the molecule is CCCS(=O)(=O)C[C@@H]1[C@@H]2CC[C@@H](C2)[C@@H]1CC=CCCCC(=O)O. The number of aliphatic carboxylic acids is 1. The van der Waals surface area contributed by atoms with Crippen LogP contribution in [0.4, 0.5) is 0 Å². The van der Waals surface area contributed by atoms with Crippen LogP contribution in [0.5, 0.6) is 0 Å². The van der Waals surface area contributed by atoms with Gasteiger partial charge in [0.15, 0.2) is 9.84 Å². The van der Waals surface area contributed by atoms with Crippen molar-refractivity contribution in [3.05, 3.63) is 12.2 Å². The van der Waals surface area contributed by atoms with E-state index in [-0.39, 0.29) is 6.42 Å². The van der Waals surface area contributed by atoms with Gasteiger partial charge in [-0.25, -0.2) is 8.42 Å². The minimum absolute atomic E-state index is 0.219. The number of carboxylic acids is 1. The molecule has 0 aromatic carbocycles. The lowest BCUT2D eigenvalue weighted by Gasteiger charge is -2.30. The maximum Gasteiger partial charge on any atom is 0.303 e. The summed E-state index contributed by atoms with van der Waals surface area (Å²) in [5, 5.41) is 8.62. The van der Waals surface area contributed by atoms with E-state index in [9.17, 15) is 13.2 Å². The van der Waals surface area contributed by atoms with Crippen molar-refractivity contribution in [3.8, 4) is 0 Å². The van der Waals surface area contributed by atoms with E-state index in [0.29, 0.717) is 48.0 Å². The zero-order chi connectivity index (χ0) is 16.9. The number of fused-ring (bicyclic) bond motifs is 2. The van der Waals surface area contributed by atoms with E-state index in [1.165, 1.54) is 19.3 Å². The number of carbonyl (C=O) groups is 1. The van der Waals surface area contributed by atoms with Crippen LogP contribution in [0.3, 0.4) is 0 Å². The van der Waals surface area contributed by atoms with Crippen LogP contribution < -0.4 is 0 Å². The fourth-order valence-corrected chi connectivity index (χ4v) is 6.48. The number of sulfone groups is 1. The molecule has 0 amide bonds.